The van der Waals surface area contributed by atoms with E-state index in [1.165, 1.54) is 5.56 Å². The molecule has 1 aromatic rings. The second kappa shape index (κ2) is 7.60. The molecule has 0 atom stereocenters. The SMILES string of the molecule is CCOc1ccccc1CNCCSC. The summed E-state index contributed by atoms with van der Waals surface area (Å²) in [4.78, 5) is 0. The zero-order valence-corrected chi connectivity index (χ0v) is 10.3. The zero-order chi connectivity index (χ0) is 10.9. The van der Waals surface area contributed by atoms with Gasteiger partial charge in [-0.2, -0.15) is 11.8 Å². The van der Waals surface area contributed by atoms with Crippen molar-refractivity contribution in [1.82, 2.24) is 5.32 Å². The molecule has 1 aromatic carbocycles. The Hall–Kier alpha value is -0.670. The van der Waals surface area contributed by atoms with E-state index in [0.29, 0.717) is 0 Å². The first-order valence-electron chi connectivity index (χ1n) is 5.28. The number of thioether (sulfide) groups is 1. The average Bonchev–Trinajstić information content (AvgIpc) is 2.27. The summed E-state index contributed by atoms with van der Waals surface area (Å²) in [7, 11) is 0. The van der Waals surface area contributed by atoms with Crippen LogP contribution in [0.2, 0.25) is 0 Å². The summed E-state index contributed by atoms with van der Waals surface area (Å²) < 4.78 is 5.55. The van der Waals surface area contributed by atoms with Crippen LogP contribution in [0.15, 0.2) is 24.3 Å². The standard InChI is InChI=1S/C12H19NOS/c1-3-14-12-7-5-4-6-11(12)10-13-8-9-15-2/h4-7,13H,3,8-10H2,1-2H3. The molecule has 0 bridgehead atoms. The highest BCUT2D eigenvalue weighted by Gasteiger charge is 2.00. The summed E-state index contributed by atoms with van der Waals surface area (Å²) in [5.41, 5.74) is 1.24. The molecule has 15 heavy (non-hydrogen) atoms. The Kier molecular flexibility index (Phi) is 6.28. The fraction of sp³-hybridized carbons (Fsp3) is 0.500. The van der Waals surface area contributed by atoms with Crippen molar-refractivity contribution in [3.05, 3.63) is 29.8 Å². The third-order valence-corrected chi connectivity index (χ3v) is 2.68. The second-order valence-electron chi connectivity index (χ2n) is 3.21. The van der Waals surface area contributed by atoms with E-state index in [0.717, 1.165) is 31.2 Å². The highest BCUT2D eigenvalue weighted by atomic mass is 32.2. The molecule has 0 fully saturated rings. The molecule has 1 N–H and O–H groups in total. The van der Waals surface area contributed by atoms with Gasteiger partial charge in [-0.1, -0.05) is 18.2 Å². The van der Waals surface area contributed by atoms with Gasteiger partial charge in [0.1, 0.15) is 5.75 Å². The lowest BCUT2D eigenvalue weighted by Crippen LogP contribution is -2.17. The molecular formula is C12H19NOS. The number of nitrogens with one attached hydrogen (secondary N) is 1. The lowest BCUT2D eigenvalue weighted by molar-refractivity contribution is 0.335. The number of rotatable bonds is 7. The van der Waals surface area contributed by atoms with Crippen LogP contribution < -0.4 is 10.1 Å². The number of para-hydroxylation sites is 1. The number of benzene rings is 1. The van der Waals surface area contributed by atoms with Crippen molar-refractivity contribution in [2.75, 3.05) is 25.2 Å². The van der Waals surface area contributed by atoms with Crippen LogP contribution >= 0.6 is 11.8 Å². The summed E-state index contributed by atoms with van der Waals surface area (Å²) in [5, 5.41) is 3.40. The summed E-state index contributed by atoms with van der Waals surface area (Å²) >= 11 is 1.86. The topological polar surface area (TPSA) is 21.3 Å². The first-order chi connectivity index (χ1) is 7.38. The molecule has 0 aliphatic carbocycles. The smallest absolute Gasteiger partial charge is 0.123 e. The minimum absolute atomic E-state index is 0.724. The Morgan fingerprint density at radius 1 is 1.33 bits per heavy atom. The van der Waals surface area contributed by atoms with Crippen molar-refractivity contribution in [2.24, 2.45) is 0 Å². The molecule has 0 spiro atoms. The van der Waals surface area contributed by atoms with Gasteiger partial charge in [-0.05, 0) is 19.2 Å². The Labute approximate surface area is 96.4 Å². The maximum absolute atomic E-state index is 5.55. The highest BCUT2D eigenvalue weighted by molar-refractivity contribution is 7.98. The largest absolute Gasteiger partial charge is 0.494 e. The molecule has 1 rings (SSSR count). The monoisotopic (exact) mass is 225 g/mol. The second-order valence-corrected chi connectivity index (χ2v) is 4.20. The highest BCUT2D eigenvalue weighted by Crippen LogP contribution is 2.17. The average molecular weight is 225 g/mol. The van der Waals surface area contributed by atoms with E-state index < -0.39 is 0 Å². The number of ether oxygens (including phenoxy) is 1. The predicted octanol–water partition coefficient (Wildman–Crippen LogP) is 2.54. The molecule has 2 nitrogen and oxygen atoms in total. The van der Waals surface area contributed by atoms with Crippen LogP contribution in [-0.4, -0.2) is 25.2 Å². The van der Waals surface area contributed by atoms with Crippen molar-refractivity contribution in [1.29, 1.82) is 0 Å². The molecule has 0 aliphatic rings. The summed E-state index contributed by atoms with van der Waals surface area (Å²) in [5.74, 6) is 2.15. The van der Waals surface area contributed by atoms with Gasteiger partial charge in [0.25, 0.3) is 0 Å². The Bertz CT molecular complexity index is 278. The number of hydrogen-bond acceptors (Lipinski definition) is 3. The van der Waals surface area contributed by atoms with E-state index in [9.17, 15) is 0 Å². The molecule has 0 unspecified atom stereocenters. The van der Waals surface area contributed by atoms with Crippen LogP contribution in [0.5, 0.6) is 5.75 Å². The summed E-state index contributed by atoms with van der Waals surface area (Å²) in [6.45, 7) is 4.66. The fourth-order valence-electron chi connectivity index (χ4n) is 1.34. The third kappa shape index (κ3) is 4.58. The minimum atomic E-state index is 0.724. The normalized spacial score (nSPS) is 10.3. The van der Waals surface area contributed by atoms with E-state index in [-0.39, 0.29) is 0 Å². The first kappa shape index (κ1) is 12.4. The van der Waals surface area contributed by atoms with Crippen molar-refractivity contribution < 1.29 is 4.74 Å². The minimum Gasteiger partial charge on any atom is -0.494 e. The first-order valence-corrected chi connectivity index (χ1v) is 6.68. The van der Waals surface area contributed by atoms with Crippen LogP contribution in [0.25, 0.3) is 0 Å². The van der Waals surface area contributed by atoms with Crippen LogP contribution in [0.1, 0.15) is 12.5 Å². The van der Waals surface area contributed by atoms with Crippen molar-refractivity contribution in [3.63, 3.8) is 0 Å². The van der Waals surface area contributed by atoms with Crippen molar-refractivity contribution in [2.45, 2.75) is 13.5 Å². The quantitative estimate of drug-likeness (QED) is 0.721. The Morgan fingerprint density at radius 2 is 2.13 bits per heavy atom. The molecule has 0 saturated carbocycles. The van der Waals surface area contributed by atoms with Gasteiger partial charge in [0, 0.05) is 24.4 Å². The van der Waals surface area contributed by atoms with Crippen LogP contribution in [-0.2, 0) is 6.54 Å². The molecule has 3 heteroatoms. The van der Waals surface area contributed by atoms with E-state index in [1.54, 1.807) is 0 Å². The maximum atomic E-state index is 5.55. The maximum Gasteiger partial charge on any atom is 0.123 e. The summed E-state index contributed by atoms with van der Waals surface area (Å²) in [6.07, 6.45) is 2.12. The van der Waals surface area contributed by atoms with Crippen LogP contribution in [0.4, 0.5) is 0 Å². The molecule has 0 amide bonds. The lowest BCUT2D eigenvalue weighted by atomic mass is 10.2. The van der Waals surface area contributed by atoms with E-state index >= 15 is 0 Å². The van der Waals surface area contributed by atoms with Gasteiger partial charge >= 0.3 is 0 Å². The molecule has 84 valence electrons. The van der Waals surface area contributed by atoms with Crippen molar-refractivity contribution >= 4 is 11.8 Å². The van der Waals surface area contributed by atoms with Gasteiger partial charge < -0.3 is 10.1 Å². The van der Waals surface area contributed by atoms with Gasteiger partial charge in [-0.15, -0.1) is 0 Å². The molecule has 0 aromatic heterocycles. The van der Waals surface area contributed by atoms with Crippen molar-refractivity contribution in [3.8, 4) is 5.75 Å². The molecule has 0 radical (unpaired) electrons. The number of hydrogen-bond donors (Lipinski definition) is 1. The molecule has 0 aliphatic heterocycles. The Morgan fingerprint density at radius 3 is 2.87 bits per heavy atom. The van der Waals surface area contributed by atoms with Gasteiger partial charge in [0.15, 0.2) is 0 Å². The summed E-state index contributed by atoms with van der Waals surface area (Å²) in [6, 6.07) is 8.19. The third-order valence-electron chi connectivity index (χ3n) is 2.07. The lowest BCUT2D eigenvalue weighted by Gasteiger charge is -2.10. The van der Waals surface area contributed by atoms with E-state index in [4.69, 9.17) is 4.74 Å². The molecule has 0 heterocycles. The molecule has 0 saturated heterocycles. The fourth-order valence-corrected chi connectivity index (χ4v) is 1.69. The van der Waals surface area contributed by atoms with E-state index in [2.05, 4.69) is 17.6 Å². The van der Waals surface area contributed by atoms with Gasteiger partial charge in [0.2, 0.25) is 0 Å². The zero-order valence-electron chi connectivity index (χ0n) is 9.45. The van der Waals surface area contributed by atoms with Crippen LogP contribution in [0.3, 0.4) is 0 Å². The predicted molar refractivity (Wildman–Crippen MR) is 67.7 cm³/mol. The van der Waals surface area contributed by atoms with Gasteiger partial charge in [-0.25, -0.2) is 0 Å². The van der Waals surface area contributed by atoms with Gasteiger partial charge in [-0.3, -0.25) is 0 Å². The van der Waals surface area contributed by atoms with Gasteiger partial charge in [0.05, 0.1) is 6.61 Å². The van der Waals surface area contributed by atoms with E-state index in [1.807, 2.05) is 36.9 Å². The molecular weight excluding hydrogens is 206 g/mol. The van der Waals surface area contributed by atoms with Crippen LogP contribution in [0, 0.1) is 0 Å². The Balaban J connectivity index is 2.44.